The van der Waals surface area contributed by atoms with Crippen LogP contribution in [0.4, 0.5) is 13.2 Å². The lowest BCUT2D eigenvalue weighted by Crippen LogP contribution is -2.58. The summed E-state index contributed by atoms with van der Waals surface area (Å²) in [5, 5.41) is 0. The van der Waals surface area contributed by atoms with Crippen LogP contribution < -0.4 is 0 Å². The van der Waals surface area contributed by atoms with Gasteiger partial charge in [-0.05, 0) is 42.4 Å². The molecule has 30 heavy (non-hydrogen) atoms. The van der Waals surface area contributed by atoms with Crippen molar-refractivity contribution in [2.24, 2.45) is 0 Å². The highest BCUT2D eigenvalue weighted by Gasteiger charge is 2.36. The molecule has 2 aliphatic rings. The molecule has 2 heterocycles. The van der Waals surface area contributed by atoms with Gasteiger partial charge in [0.25, 0.3) is 0 Å². The number of likely N-dealkylation sites (N-methyl/N-ethyl adjacent to an activating group) is 1. The summed E-state index contributed by atoms with van der Waals surface area (Å²) in [6, 6.07) is 12.0. The zero-order valence-corrected chi connectivity index (χ0v) is 17.5. The molecule has 4 rings (SSSR count). The standard InChI is InChI=1S/C21H24F3N3O2S/c1-25-12-16-4-2-3-5-17(16)13-26-10-11-27(15-19(26)14-25)30(28,29)20-8-6-18(7-9-20)21(22,23)24/h2-9,19H,10-15H2,1H3. The quantitative estimate of drug-likeness (QED) is 0.722. The average Bonchev–Trinajstić information content (AvgIpc) is 2.68. The van der Waals surface area contributed by atoms with Crippen molar-refractivity contribution in [3.05, 3.63) is 65.2 Å². The normalized spacial score (nSPS) is 22.1. The third-order valence-corrected chi connectivity index (χ3v) is 7.72. The van der Waals surface area contributed by atoms with E-state index in [-0.39, 0.29) is 10.9 Å². The maximum atomic E-state index is 13.1. The summed E-state index contributed by atoms with van der Waals surface area (Å²) in [5.41, 5.74) is 1.66. The SMILES string of the molecule is CN1Cc2ccccc2CN2CCN(S(=O)(=O)c3ccc(C(F)(F)F)cc3)CC2C1. The molecule has 0 N–H and O–H groups in total. The zero-order valence-electron chi connectivity index (χ0n) is 16.6. The Bertz CT molecular complexity index is 1010. The largest absolute Gasteiger partial charge is 0.416 e. The Hall–Kier alpha value is -1.94. The number of halogens is 3. The number of sulfonamides is 1. The number of nitrogens with zero attached hydrogens (tertiary/aromatic N) is 3. The summed E-state index contributed by atoms with van der Waals surface area (Å²) in [4.78, 5) is 4.38. The molecule has 1 atom stereocenters. The fourth-order valence-corrected chi connectivity index (χ4v) is 5.70. The predicted octanol–water partition coefficient (Wildman–Crippen LogP) is 3.03. The summed E-state index contributed by atoms with van der Waals surface area (Å²) in [6.07, 6.45) is -4.49. The first kappa shape index (κ1) is 21.3. The lowest BCUT2D eigenvalue weighted by atomic mass is 10.0. The van der Waals surface area contributed by atoms with Crippen LogP contribution in [0.25, 0.3) is 0 Å². The van der Waals surface area contributed by atoms with Crippen LogP contribution in [0, 0.1) is 0 Å². The van der Waals surface area contributed by atoms with Crippen LogP contribution in [0.15, 0.2) is 53.4 Å². The molecule has 2 aliphatic heterocycles. The lowest BCUT2D eigenvalue weighted by molar-refractivity contribution is -0.137. The second kappa shape index (κ2) is 7.96. The molecule has 1 unspecified atom stereocenters. The van der Waals surface area contributed by atoms with Crippen molar-refractivity contribution in [2.75, 3.05) is 33.2 Å². The summed E-state index contributed by atoms with van der Waals surface area (Å²) in [7, 11) is -1.84. The first-order valence-corrected chi connectivity index (χ1v) is 11.3. The van der Waals surface area contributed by atoms with E-state index < -0.39 is 21.8 Å². The Morgan fingerprint density at radius 1 is 0.900 bits per heavy atom. The second-order valence-corrected chi connectivity index (χ2v) is 9.91. The van der Waals surface area contributed by atoms with Gasteiger partial charge >= 0.3 is 6.18 Å². The van der Waals surface area contributed by atoms with Gasteiger partial charge in [-0.25, -0.2) is 8.42 Å². The molecular formula is C21H24F3N3O2S. The minimum Gasteiger partial charge on any atom is -0.300 e. The van der Waals surface area contributed by atoms with Crippen molar-refractivity contribution in [2.45, 2.75) is 30.2 Å². The molecule has 0 bridgehead atoms. The van der Waals surface area contributed by atoms with Crippen LogP contribution >= 0.6 is 0 Å². The van der Waals surface area contributed by atoms with E-state index in [1.54, 1.807) is 0 Å². The Morgan fingerprint density at radius 2 is 1.53 bits per heavy atom. The van der Waals surface area contributed by atoms with Crippen LogP contribution in [-0.2, 0) is 29.3 Å². The molecule has 1 saturated heterocycles. The van der Waals surface area contributed by atoms with Gasteiger partial charge in [-0.2, -0.15) is 17.5 Å². The van der Waals surface area contributed by atoms with Gasteiger partial charge in [-0.1, -0.05) is 24.3 Å². The molecule has 0 amide bonds. The first-order chi connectivity index (χ1) is 14.1. The molecule has 5 nitrogen and oxygen atoms in total. The van der Waals surface area contributed by atoms with Gasteiger partial charge < -0.3 is 4.90 Å². The van der Waals surface area contributed by atoms with Crippen molar-refractivity contribution in [1.29, 1.82) is 0 Å². The summed E-state index contributed by atoms with van der Waals surface area (Å²) < 4.78 is 65.9. The maximum absolute atomic E-state index is 13.1. The number of rotatable bonds is 2. The van der Waals surface area contributed by atoms with Gasteiger partial charge in [-0.3, -0.25) is 4.90 Å². The molecule has 0 aliphatic carbocycles. The number of piperazine rings is 1. The molecular weight excluding hydrogens is 415 g/mol. The van der Waals surface area contributed by atoms with Crippen LogP contribution in [0.5, 0.6) is 0 Å². The van der Waals surface area contributed by atoms with Gasteiger partial charge in [-0.15, -0.1) is 0 Å². The Kier molecular flexibility index (Phi) is 5.65. The Morgan fingerprint density at radius 3 is 2.17 bits per heavy atom. The number of benzene rings is 2. The third kappa shape index (κ3) is 4.25. The van der Waals surface area contributed by atoms with E-state index in [4.69, 9.17) is 0 Å². The van der Waals surface area contributed by atoms with E-state index in [2.05, 4.69) is 21.9 Å². The number of fused-ring (bicyclic) bond motifs is 2. The summed E-state index contributed by atoms with van der Waals surface area (Å²) >= 11 is 0. The monoisotopic (exact) mass is 439 g/mol. The molecule has 9 heteroatoms. The van der Waals surface area contributed by atoms with E-state index >= 15 is 0 Å². The van der Waals surface area contributed by atoms with Crippen molar-refractivity contribution >= 4 is 10.0 Å². The van der Waals surface area contributed by atoms with Crippen LogP contribution in [-0.4, -0.2) is 61.8 Å². The van der Waals surface area contributed by atoms with Gasteiger partial charge in [0.1, 0.15) is 0 Å². The topological polar surface area (TPSA) is 43.9 Å². The molecule has 0 aromatic heterocycles. The van der Waals surface area contributed by atoms with E-state index in [0.29, 0.717) is 26.2 Å². The first-order valence-electron chi connectivity index (χ1n) is 9.81. The number of hydrogen-bond acceptors (Lipinski definition) is 4. The van der Waals surface area contributed by atoms with Gasteiger partial charge in [0.15, 0.2) is 0 Å². The predicted molar refractivity (Wildman–Crippen MR) is 107 cm³/mol. The molecule has 0 spiro atoms. The third-order valence-electron chi connectivity index (χ3n) is 5.84. The van der Waals surface area contributed by atoms with Crippen LogP contribution in [0.2, 0.25) is 0 Å². The van der Waals surface area contributed by atoms with E-state index in [9.17, 15) is 21.6 Å². The molecule has 1 fully saturated rings. The smallest absolute Gasteiger partial charge is 0.300 e. The lowest BCUT2D eigenvalue weighted by Gasteiger charge is -2.43. The van der Waals surface area contributed by atoms with Gasteiger partial charge in [0.2, 0.25) is 10.0 Å². The molecule has 0 saturated carbocycles. The molecule has 2 aromatic rings. The number of hydrogen-bond donors (Lipinski definition) is 0. The fraction of sp³-hybridized carbons (Fsp3) is 0.429. The Balaban J connectivity index is 1.54. The highest BCUT2D eigenvalue weighted by Crippen LogP contribution is 2.31. The van der Waals surface area contributed by atoms with Crippen LogP contribution in [0.3, 0.4) is 0 Å². The van der Waals surface area contributed by atoms with Crippen molar-refractivity contribution in [3.8, 4) is 0 Å². The van der Waals surface area contributed by atoms with Crippen molar-refractivity contribution in [3.63, 3.8) is 0 Å². The van der Waals surface area contributed by atoms with E-state index in [0.717, 1.165) is 37.4 Å². The van der Waals surface area contributed by atoms with E-state index in [1.807, 2.05) is 19.2 Å². The highest BCUT2D eigenvalue weighted by molar-refractivity contribution is 7.89. The Labute approximate surface area is 174 Å². The molecule has 0 radical (unpaired) electrons. The maximum Gasteiger partial charge on any atom is 0.416 e. The minimum absolute atomic E-state index is 0.0151. The zero-order chi connectivity index (χ0) is 21.5. The summed E-state index contributed by atoms with van der Waals surface area (Å²) in [5.74, 6) is 0. The average molecular weight is 440 g/mol. The second-order valence-electron chi connectivity index (χ2n) is 7.97. The van der Waals surface area contributed by atoms with Crippen LogP contribution in [0.1, 0.15) is 16.7 Å². The fourth-order valence-electron chi connectivity index (χ4n) is 4.23. The van der Waals surface area contributed by atoms with E-state index in [1.165, 1.54) is 15.4 Å². The molecule has 2 aromatic carbocycles. The van der Waals surface area contributed by atoms with Crippen molar-refractivity contribution < 1.29 is 21.6 Å². The molecule has 162 valence electrons. The van der Waals surface area contributed by atoms with Gasteiger partial charge in [0.05, 0.1) is 10.5 Å². The van der Waals surface area contributed by atoms with Gasteiger partial charge in [0, 0.05) is 45.3 Å². The minimum atomic E-state index is -4.49. The summed E-state index contributed by atoms with van der Waals surface area (Å²) in [6.45, 7) is 3.48. The van der Waals surface area contributed by atoms with Crippen molar-refractivity contribution in [1.82, 2.24) is 14.1 Å². The number of alkyl halides is 3. The highest BCUT2D eigenvalue weighted by atomic mass is 32.2.